The number of rotatable bonds is 1. The van der Waals surface area contributed by atoms with E-state index in [4.69, 9.17) is 5.73 Å². The maximum absolute atomic E-state index is 13.1. The monoisotopic (exact) mass is 205 g/mol. The number of hydrogen-bond acceptors (Lipinski definition) is 2. The van der Waals surface area contributed by atoms with Gasteiger partial charge in [-0.15, -0.1) is 0 Å². The SMILES string of the molecule is Cc1cc(-c2n[nH]c(C)c2N)ccc1F. The molecule has 78 valence electrons. The lowest BCUT2D eigenvalue weighted by atomic mass is 10.1. The summed E-state index contributed by atoms with van der Waals surface area (Å²) in [5.41, 5.74) is 9.37. The molecule has 2 rings (SSSR count). The molecule has 4 heteroatoms. The summed E-state index contributed by atoms with van der Waals surface area (Å²) in [5.74, 6) is -0.218. The smallest absolute Gasteiger partial charge is 0.126 e. The van der Waals surface area contributed by atoms with E-state index in [9.17, 15) is 4.39 Å². The Labute approximate surface area is 87.1 Å². The number of benzene rings is 1. The van der Waals surface area contributed by atoms with Crippen molar-refractivity contribution in [2.24, 2.45) is 0 Å². The third kappa shape index (κ3) is 1.58. The molecule has 3 N–H and O–H groups in total. The van der Waals surface area contributed by atoms with Crippen molar-refractivity contribution >= 4 is 5.69 Å². The Morgan fingerprint density at radius 2 is 2.07 bits per heavy atom. The molecular formula is C11H12FN3. The number of aromatic amines is 1. The van der Waals surface area contributed by atoms with E-state index < -0.39 is 0 Å². The number of hydrogen-bond donors (Lipinski definition) is 2. The summed E-state index contributed by atoms with van der Waals surface area (Å²) in [4.78, 5) is 0. The lowest BCUT2D eigenvalue weighted by molar-refractivity contribution is 0.619. The average molecular weight is 205 g/mol. The Bertz CT molecular complexity index is 503. The predicted molar refractivity (Wildman–Crippen MR) is 57.9 cm³/mol. The van der Waals surface area contributed by atoms with Crippen molar-refractivity contribution in [3.8, 4) is 11.3 Å². The number of aryl methyl sites for hydroxylation is 2. The third-order valence-electron chi connectivity index (χ3n) is 2.43. The van der Waals surface area contributed by atoms with E-state index in [1.54, 1.807) is 19.1 Å². The number of nitrogens with zero attached hydrogens (tertiary/aromatic N) is 1. The van der Waals surface area contributed by atoms with Crippen LogP contribution in [0.2, 0.25) is 0 Å². The molecule has 15 heavy (non-hydrogen) atoms. The van der Waals surface area contributed by atoms with Crippen molar-refractivity contribution in [2.45, 2.75) is 13.8 Å². The Kier molecular flexibility index (Phi) is 2.19. The van der Waals surface area contributed by atoms with Gasteiger partial charge in [0.2, 0.25) is 0 Å². The van der Waals surface area contributed by atoms with Crippen LogP contribution in [0.4, 0.5) is 10.1 Å². The fourth-order valence-corrected chi connectivity index (χ4v) is 1.45. The van der Waals surface area contributed by atoms with E-state index >= 15 is 0 Å². The van der Waals surface area contributed by atoms with Crippen LogP contribution in [-0.2, 0) is 0 Å². The Balaban J connectivity index is 2.55. The van der Waals surface area contributed by atoms with Gasteiger partial charge in [0.15, 0.2) is 0 Å². The van der Waals surface area contributed by atoms with Crippen molar-refractivity contribution in [1.82, 2.24) is 10.2 Å². The fraction of sp³-hybridized carbons (Fsp3) is 0.182. The first-order valence-corrected chi connectivity index (χ1v) is 4.66. The van der Waals surface area contributed by atoms with E-state index in [1.165, 1.54) is 6.07 Å². The van der Waals surface area contributed by atoms with Crippen LogP contribution >= 0.6 is 0 Å². The average Bonchev–Trinajstić information content (AvgIpc) is 2.53. The second kappa shape index (κ2) is 3.38. The number of nitrogens with two attached hydrogens (primary N) is 1. The summed E-state index contributed by atoms with van der Waals surface area (Å²) in [7, 11) is 0. The first-order chi connectivity index (χ1) is 7.09. The van der Waals surface area contributed by atoms with Gasteiger partial charge in [0.25, 0.3) is 0 Å². The Morgan fingerprint density at radius 3 is 2.60 bits per heavy atom. The summed E-state index contributed by atoms with van der Waals surface area (Å²) >= 11 is 0. The van der Waals surface area contributed by atoms with Crippen LogP contribution in [0.3, 0.4) is 0 Å². The third-order valence-corrected chi connectivity index (χ3v) is 2.43. The minimum atomic E-state index is -0.218. The molecule has 0 unspecified atom stereocenters. The molecule has 0 atom stereocenters. The molecule has 0 amide bonds. The van der Waals surface area contributed by atoms with Crippen LogP contribution in [0.1, 0.15) is 11.3 Å². The van der Waals surface area contributed by atoms with Crippen molar-refractivity contribution in [1.29, 1.82) is 0 Å². The molecule has 1 aromatic carbocycles. The molecule has 2 aromatic rings. The van der Waals surface area contributed by atoms with Gasteiger partial charge in [0.1, 0.15) is 11.5 Å². The quantitative estimate of drug-likeness (QED) is 0.751. The Hall–Kier alpha value is -1.84. The molecule has 1 heterocycles. The van der Waals surface area contributed by atoms with E-state index in [-0.39, 0.29) is 5.82 Å². The molecule has 0 fully saturated rings. The summed E-state index contributed by atoms with van der Waals surface area (Å²) in [6, 6.07) is 4.84. The molecule has 0 spiro atoms. The lowest BCUT2D eigenvalue weighted by Crippen LogP contribution is -1.90. The Morgan fingerprint density at radius 1 is 1.33 bits per heavy atom. The van der Waals surface area contributed by atoms with Gasteiger partial charge in [-0.3, -0.25) is 5.10 Å². The molecule has 0 saturated heterocycles. The van der Waals surface area contributed by atoms with E-state index in [0.717, 1.165) is 11.3 Å². The van der Waals surface area contributed by atoms with Crippen LogP contribution < -0.4 is 5.73 Å². The molecule has 0 radical (unpaired) electrons. The van der Waals surface area contributed by atoms with Gasteiger partial charge in [-0.25, -0.2) is 4.39 Å². The molecule has 1 aromatic heterocycles. The van der Waals surface area contributed by atoms with Crippen molar-refractivity contribution in [3.05, 3.63) is 35.3 Å². The first-order valence-electron chi connectivity index (χ1n) is 4.66. The van der Waals surface area contributed by atoms with Crippen LogP contribution in [0, 0.1) is 19.7 Å². The maximum Gasteiger partial charge on any atom is 0.126 e. The van der Waals surface area contributed by atoms with Crippen LogP contribution in [0.25, 0.3) is 11.3 Å². The number of halogens is 1. The van der Waals surface area contributed by atoms with Gasteiger partial charge >= 0.3 is 0 Å². The topological polar surface area (TPSA) is 54.7 Å². The largest absolute Gasteiger partial charge is 0.395 e. The second-order valence-corrected chi connectivity index (χ2v) is 3.57. The van der Waals surface area contributed by atoms with Crippen LogP contribution in [0.5, 0.6) is 0 Å². The molecular weight excluding hydrogens is 193 g/mol. The van der Waals surface area contributed by atoms with Gasteiger partial charge < -0.3 is 5.73 Å². The molecule has 0 aliphatic carbocycles. The summed E-state index contributed by atoms with van der Waals surface area (Å²) in [6.07, 6.45) is 0. The molecule has 0 aliphatic rings. The number of aromatic nitrogens is 2. The van der Waals surface area contributed by atoms with Gasteiger partial charge in [-0.2, -0.15) is 5.10 Å². The summed E-state index contributed by atoms with van der Waals surface area (Å²) in [6.45, 7) is 3.57. The first kappa shape index (κ1) is 9.71. The normalized spacial score (nSPS) is 10.6. The molecule has 0 bridgehead atoms. The van der Waals surface area contributed by atoms with E-state index in [0.29, 0.717) is 16.9 Å². The highest BCUT2D eigenvalue weighted by Gasteiger charge is 2.09. The minimum Gasteiger partial charge on any atom is -0.395 e. The minimum absolute atomic E-state index is 0.218. The standard InChI is InChI=1S/C11H12FN3/c1-6-5-8(3-4-9(6)12)11-10(13)7(2)14-15-11/h3-5H,13H2,1-2H3,(H,14,15). The van der Waals surface area contributed by atoms with Crippen LogP contribution in [0.15, 0.2) is 18.2 Å². The highest BCUT2D eigenvalue weighted by atomic mass is 19.1. The predicted octanol–water partition coefficient (Wildman–Crippen LogP) is 2.41. The zero-order valence-electron chi connectivity index (χ0n) is 8.63. The van der Waals surface area contributed by atoms with E-state index in [2.05, 4.69) is 10.2 Å². The van der Waals surface area contributed by atoms with E-state index in [1.807, 2.05) is 6.92 Å². The summed E-state index contributed by atoms with van der Waals surface area (Å²) < 4.78 is 13.1. The van der Waals surface area contributed by atoms with Crippen molar-refractivity contribution < 1.29 is 4.39 Å². The van der Waals surface area contributed by atoms with Gasteiger partial charge in [0.05, 0.1) is 11.4 Å². The van der Waals surface area contributed by atoms with Gasteiger partial charge in [-0.1, -0.05) is 0 Å². The summed E-state index contributed by atoms with van der Waals surface area (Å²) in [5, 5.41) is 6.88. The molecule has 3 nitrogen and oxygen atoms in total. The van der Waals surface area contributed by atoms with Crippen molar-refractivity contribution in [2.75, 3.05) is 5.73 Å². The number of anilines is 1. The molecule has 0 saturated carbocycles. The van der Waals surface area contributed by atoms with Gasteiger partial charge in [0, 0.05) is 5.56 Å². The zero-order valence-corrected chi connectivity index (χ0v) is 8.63. The number of nitrogens with one attached hydrogen (secondary N) is 1. The fourth-order valence-electron chi connectivity index (χ4n) is 1.45. The highest BCUT2D eigenvalue weighted by molar-refractivity contribution is 5.74. The lowest BCUT2D eigenvalue weighted by Gasteiger charge is -2.01. The van der Waals surface area contributed by atoms with Crippen LogP contribution in [-0.4, -0.2) is 10.2 Å². The number of nitrogen functional groups attached to an aromatic ring is 1. The van der Waals surface area contributed by atoms with Gasteiger partial charge in [-0.05, 0) is 37.6 Å². The second-order valence-electron chi connectivity index (χ2n) is 3.57. The molecule has 0 aliphatic heterocycles. The zero-order chi connectivity index (χ0) is 11.0. The number of H-pyrrole nitrogens is 1. The highest BCUT2D eigenvalue weighted by Crippen LogP contribution is 2.26. The maximum atomic E-state index is 13.1. The van der Waals surface area contributed by atoms with Crippen molar-refractivity contribution in [3.63, 3.8) is 0 Å².